The van der Waals surface area contributed by atoms with Crippen molar-refractivity contribution in [2.45, 2.75) is 39.2 Å². The van der Waals surface area contributed by atoms with E-state index in [-0.39, 0.29) is 11.5 Å². The number of aromatic nitrogens is 3. The quantitative estimate of drug-likeness (QED) is 0.530. The van der Waals surface area contributed by atoms with Gasteiger partial charge in [-0.25, -0.2) is 4.68 Å². The average molecular weight is 401 g/mol. The van der Waals surface area contributed by atoms with Crippen LogP contribution in [0.5, 0.6) is 0 Å². The van der Waals surface area contributed by atoms with Crippen LogP contribution < -0.4 is 10.9 Å². The number of carbonyl (C=O) groups excluding carboxylic acids is 1. The number of rotatable bonds is 10. The summed E-state index contributed by atoms with van der Waals surface area (Å²) >= 11 is 1.93. The van der Waals surface area contributed by atoms with Crippen molar-refractivity contribution in [1.29, 1.82) is 0 Å². The average Bonchev–Trinajstić information content (AvgIpc) is 3.02. The molecule has 0 fully saturated rings. The summed E-state index contributed by atoms with van der Waals surface area (Å²) in [4.78, 5) is 24.8. The molecule has 2 heterocycles. The second-order valence-electron chi connectivity index (χ2n) is 6.92. The summed E-state index contributed by atoms with van der Waals surface area (Å²) in [6.07, 6.45) is 5.10. The van der Waals surface area contributed by atoms with Gasteiger partial charge in [-0.2, -0.15) is 16.9 Å². The number of aryl methyl sites for hydroxylation is 2. The normalized spacial score (nSPS) is 11.4. The number of thioether (sulfide) groups is 1. The van der Waals surface area contributed by atoms with Crippen LogP contribution in [0.25, 0.3) is 21.8 Å². The first-order valence-corrected chi connectivity index (χ1v) is 11.1. The van der Waals surface area contributed by atoms with Crippen molar-refractivity contribution in [3.8, 4) is 0 Å². The standard InChI is InChI=1S/C21H28N4O2S/c1-3-13-28-14-7-11-22-19(26)10-6-12-25-18-9-5-4-8-16(18)17-15-23-24(2)21(27)20(17)25/h4-5,8-9,15H,3,6-7,10-14H2,1-2H3,(H,22,26). The van der Waals surface area contributed by atoms with Crippen molar-refractivity contribution in [3.63, 3.8) is 0 Å². The van der Waals surface area contributed by atoms with Gasteiger partial charge in [0.05, 0.1) is 6.20 Å². The summed E-state index contributed by atoms with van der Waals surface area (Å²) < 4.78 is 3.39. The number of hydrogen-bond acceptors (Lipinski definition) is 4. The molecule has 150 valence electrons. The third-order valence-electron chi connectivity index (χ3n) is 4.79. The van der Waals surface area contributed by atoms with Crippen LogP contribution in [0.2, 0.25) is 0 Å². The minimum absolute atomic E-state index is 0.0795. The topological polar surface area (TPSA) is 68.9 Å². The first-order valence-electron chi connectivity index (χ1n) is 9.91. The number of benzene rings is 1. The van der Waals surface area contributed by atoms with E-state index in [1.165, 1.54) is 16.9 Å². The smallest absolute Gasteiger partial charge is 0.291 e. The fourth-order valence-corrected chi connectivity index (χ4v) is 4.25. The van der Waals surface area contributed by atoms with Crippen LogP contribution in [-0.4, -0.2) is 38.3 Å². The number of para-hydroxylation sites is 1. The predicted octanol–water partition coefficient (Wildman–Crippen LogP) is 3.32. The monoisotopic (exact) mass is 400 g/mol. The molecular formula is C21H28N4O2S. The number of nitrogens with zero attached hydrogens (tertiary/aromatic N) is 3. The lowest BCUT2D eigenvalue weighted by atomic mass is 10.2. The van der Waals surface area contributed by atoms with Crippen molar-refractivity contribution < 1.29 is 4.79 Å². The van der Waals surface area contributed by atoms with Crippen LogP contribution in [0.15, 0.2) is 35.3 Å². The largest absolute Gasteiger partial charge is 0.356 e. The molecule has 0 aliphatic heterocycles. The Morgan fingerprint density at radius 1 is 1.18 bits per heavy atom. The van der Waals surface area contributed by atoms with Gasteiger partial charge >= 0.3 is 0 Å². The molecule has 1 aromatic carbocycles. The maximum absolute atomic E-state index is 12.7. The number of carbonyl (C=O) groups is 1. The molecule has 0 spiro atoms. The van der Waals surface area contributed by atoms with E-state index in [0.717, 1.165) is 35.0 Å². The van der Waals surface area contributed by atoms with Gasteiger partial charge in [0.25, 0.3) is 5.56 Å². The van der Waals surface area contributed by atoms with Gasteiger partial charge in [-0.05, 0) is 36.8 Å². The van der Waals surface area contributed by atoms with Crippen molar-refractivity contribution >= 4 is 39.5 Å². The Kier molecular flexibility index (Phi) is 7.14. The molecule has 0 atom stereocenters. The highest BCUT2D eigenvalue weighted by atomic mass is 32.2. The Labute approximate surface area is 169 Å². The number of amides is 1. The number of hydrogen-bond donors (Lipinski definition) is 1. The number of fused-ring (bicyclic) bond motifs is 3. The van der Waals surface area contributed by atoms with Crippen molar-refractivity contribution in [2.24, 2.45) is 7.05 Å². The molecule has 3 rings (SSSR count). The summed E-state index contributed by atoms with van der Waals surface area (Å²) in [6, 6.07) is 7.97. The highest BCUT2D eigenvalue weighted by Crippen LogP contribution is 2.26. The Morgan fingerprint density at radius 2 is 2.00 bits per heavy atom. The van der Waals surface area contributed by atoms with Gasteiger partial charge in [0.15, 0.2) is 0 Å². The third kappa shape index (κ3) is 4.58. The van der Waals surface area contributed by atoms with Gasteiger partial charge in [0.1, 0.15) is 5.52 Å². The minimum atomic E-state index is -0.109. The zero-order chi connectivity index (χ0) is 19.9. The Balaban J connectivity index is 1.63. The lowest BCUT2D eigenvalue weighted by Crippen LogP contribution is -2.25. The van der Waals surface area contributed by atoms with E-state index >= 15 is 0 Å². The Hall–Kier alpha value is -2.28. The zero-order valence-electron chi connectivity index (χ0n) is 16.6. The van der Waals surface area contributed by atoms with E-state index in [1.54, 1.807) is 13.2 Å². The SMILES string of the molecule is CCCSCCCNC(=O)CCCn1c2ccccc2c2cnn(C)c(=O)c21. The maximum atomic E-state index is 12.7. The fraction of sp³-hybridized carbons (Fsp3) is 0.476. The van der Waals surface area contributed by atoms with E-state index in [4.69, 9.17) is 0 Å². The summed E-state index contributed by atoms with van der Waals surface area (Å²) in [5.74, 6) is 2.35. The first-order chi connectivity index (χ1) is 13.6. The molecule has 0 radical (unpaired) electrons. The summed E-state index contributed by atoms with van der Waals surface area (Å²) in [5, 5.41) is 9.05. The molecule has 0 bridgehead atoms. The van der Waals surface area contributed by atoms with Crippen LogP contribution in [-0.2, 0) is 18.4 Å². The van der Waals surface area contributed by atoms with Gasteiger partial charge in [0, 0.05) is 42.8 Å². The molecule has 0 unspecified atom stereocenters. The molecular weight excluding hydrogens is 372 g/mol. The van der Waals surface area contributed by atoms with E-state index in [1.807, 2.05) is 40.6 Å². The van der Waals surface area contributed by atoms with Crippen molar-refractivity contribution in [3.05, 3.63) is 40.8 Å². The zero-order valence-corrected chi connectivity index (χ0v) is 17.4. The fourth-order valence-electron chi connectivity index (χ4n) is 3.41. The number of nitrogens with one attached hydrogen (secondary N) is 1. The molecule has 1 N–H and O–H groups in total. The van der Waals surface area contributed by atoms with Crippen LogP contribution >= 0.6 is 11.8 Å². The summed E-state index contributed by atoms with van der Waals surface area (Å²) in [5.41, 5.74) is 1.56. The maximum Gasteiger partial charge on any atom is 0.291 e. The van der Waals surface area contributed by atoms with Crippen LogP contribution in [0.4, 0.5) is 0 Å². The molecule has 6 nitrogen and oxygen atoms in total. The lowest BCUT2D eigenvalue weighted by Gasteiger charge is -2.08. The molecule has 1 amide bonds. The molecule has 0 aliphatic carbocycles. The molecule has 7 heteroatoms. The first kappa shape index (κ1) is 20.5. The third-order valence-corrected chi connectivity index (χ3v) is 6.06. The van der Waals surface area contributed by atoms with E-state index in [0.29, 0.717) is 24.9 Å². The molecule has 0 saturated heterocycles. The van der Waals surface area contributed by atoms with Gasteiger partial charge in [-0.1, -0.05) is 25.1 Å². The molecule has 2 aromatic heterocycles. The predicted molar refractivity (Wildman–Crippen MR) is 117 cm³/mol. The second kappa shape index (κ2) is 9.78. The van der Waals surface area contributed by atoms with Crippen LogP contribution in [0, 0.1) is 0 Å². The molecule has 28 heavy (non-hydrogen) atoms. The second-order valence-corrected chi connectivity index (χ2v) is 8.15. The summed E-state index contributed by atoms with van der Waals surface area (Å²) in [7, 11) is 1.66. The van der Waals surface area contributed by atoms with E-state index in [2.05, 4.69) is 17.3 Å². The highest BCUT2D eigenvalue weighted by Gasteiger charge is 2.14. The van der Waals surface area contributed by atoms with Crippen LogP contribution in [0.1, 0.15) is 32.6 Å². The van der Waals surface area contributed by atoms with E-state index in [9.17, 15) is 9.59 Å². The minimum Gasteiger partial charge on any atom is -0.356 e. The highest BCUT2D eigenvalue weighted by molar-refractivity contribution is 7.99. The van der Waals surface area contributed by atoms with Gasteiger partial charge in [-0.3, -0.25) is 9.59 Å². The van der Waals surface area contributed by atoms with E-state index < -0.39 is 0 Å². The molecule has 3 aromatic rings. The van der Waals surface area contributed by atoms with Gasteiger partial charge in [0.2, 0.25) is 5.91 Å². The molecule has 0 saturated carbocycles. The Morgan fingerprint density at radius 3 is 2.82 bits per heavy atom. The lowest BCUT2D eigenvalue weighted by molar-refractivity contribution is -0.121. The van der Waals surface area contributed by atoms with Crippen molar-refractivity contribution in [2.75, 3.05) is 18.1 Å². The van der Waals surface area contributed by atoms with Gasteiger partial charge < -0.3 is 9.88 Å². The molecule has 0 aliphatic rings. The van der Waals surface area contributed by atoms with Crippen molar-refractivity contribution in [1.82, 2.24) is 19.7 Å². The summed E-state index contributed by atoms with van der Waals surface area (Å²) in [6.45, 7) is 3.54. The Bertz CT molecular complexity index is 1010. The van der Waals surface area contributed by atoms with Crippen LogP contribution in [0.3, 0.4) is 0 Å². The van der Waals surface area contributed by atoms with Gasteiger partial charge in [-0.15, -0.1) is 0 Å².